The third-order valence-electron chi connectivity index (χ3n) is 6.22. The van der Waals surface area contributed by atoms with Crippen LogP contribution in [0.3, 0.4) is 0 Å². The molecule has 1 atom stereocenters. The molecule has 39 heavy (non-hydrogen) atoms. The van der Waals surface area contributed by atoms with E-state index in [9.17, 15) is 10.1 Å². The Hall–Kier alpha value is -3.95. The van der Waals surface area contributed by atoms with Crippen molar-refractivity contribution in [1.29, 1.82) is 5.26 Å². The Kier molecular flexibility index (Phi) is 9.16. The first-order chi connectivity index (χ1) is 18.9. The van der Waals surface area contributed by atoms with Crippen LogP contribution in [0.25, 0.3) is 0 Å². The lowest BCUT2D eigenvalue weighted by molar-refractivity contribution is -0.139. The van der Waals surface area contributed by atoms with Gasteiger partial charge in [0.2, 0.25) is 5.88 Å². The van der Waals surface area contributed by atoms with E-state index in [1.165, 1.54) is 26.0 Å². The first kappa shape index (κ1) is 28.1. The van der Waals surface area contributed by atoms with Crippen molar-refractivity contribution in [3.63, 3.8) is 0 Å². The number of rotatable bonds is 9. The number of anilines is 1. The van der Waals surface area contributed by atoms with Crippen LogP contribution >= 0.6 is 11.8 Å². The van der Waals surface area contributed by atoms with Crippen molar-refractivity contribution in [3.05, 3.63) is 58.3 Å². The number of methoxy groups -OCH3 is 2. The standard InChI is InChI=1S/C27H31N5O6S/c1-5-37-26(33)23-20(15-39-27-30-16(2)13-21(31-27)32-9-11-36-12-10-32)38-25(29)18(14-28)22(23)17-7-6-8-19(34-3)24(17)35-4/h6-8,13,22H,5,9-12,15,29H2,1-4H3/t22-/m1/s1. The molecular formula is C27H31N5O6S. The summed E-state index contributed by atoms with van der Waals surface area (Å²) in [5.41, 5.74) is 7.79. The maximum Gasteiger partial charge on any atom is 0.338 e. The number of hydrogen-bond donors (Lipinski definition) is 1. The summed E-state index contributed by atoms with van der Waals surface area (Å²) < 4.78 is 27.8. The minimum atomic E-state index is -0.897. The molecule has 0 saturated carbocycles. The number of hydrogen-bond acceptors (Lipinski definition) is 12. The van der Waals surface area contributed by atoms with Gasteiger partial charge in [0.1, 0.15) is 23.2 Å². The topological polar surface area (TPSA) is 142 Å². The molecular weight excluding hydrogens is 522 g/mol. The predicted octanol–water partition coefficient (Wildman–Crippen LogP) is 3.06. The van der Waals surface area contributed by atoms with Gasteiger partial charge in [-0.15, -0.1) is 0 Å². The molecule has 2 aliphatic heterocycles. The zero-order valence-corrected chi connectivity index (χ0v) is 23.2. The Balaban J connectivity index is 1.76. The zero-order chi connectivity index (χ0) is 27.9. The third kappa shape index (κ3) is 6.05. The molecule has 1 saturated heterocycles. The van der Waals surface area contributed by atoms with Gasteiger partial charge in [0.15, 0.2) is 16.7 Å². The minimum absolute atomic E-state index is 0.0692. The zero-order valence-electron chi connectivity index (χ0n) is 22.4. The van der Waals surface area contributed by atoms with Crippen molar-refractivity contribution in [3.8, 4) is 17.6 Å². The van der Waals surface area contributed by atoms with Crippen LogP contribution in [-0.4, -0.2) is 68.8 Å². The Morgan fingerprint density at radius 2 is 2.03 bits per heavy atom. The minimum Gasteiger partial charge on any atom is -0.493 e. The fourth-order valence-electron chi connectivity index (χ4n) is 4.48. The molecule has 11 nitrogen and oxygen atoms in total. The Bertz CT molecular complexity index is 1330. The van der Waals surface area contributed by atoms with Gasteiger partial charge in [-0.05, 0) is 19.9 Å². The van der Waals surface area contributed by atoms with E-state index in [4.69, 9.17) is 34.4 Å². The molecule has 0 bridgehead atoms. The van der Waals surface area contributed by atoms with E-state index in [-0.39, 0.29) is 35.1 Å². The molecule has 2 N–H and O–H groups in total. The molecule has 12 heteroatoms. The summed E-state index contributed by atoms with van der Waals surface area (Å²) in [6, 6.07) is 9.27. The maximum atomic E-state index is 13.4. The number of aryl methyl sites for hydroxylation is 1. The molecule has 3 heterocycles. The predicted molar refractivity (Wildman–Crippen MR) is 144 cm³/mol. The van der Waals surface area contributed by atoms with Gasteiger partial charge in [0, 0.05) is 30.4 Å². The van der Waals surface area contributed by atoms with Gasteiger partial charge in [0.05, 0.1) is 51.3 Å². The van der Waals surface area contributed by atoms with Crippen LogP contribution < -0.4 is 20.1 Å². The fourth-order valence-corrected chi connectivity index (χ4v) is 5.32. The molecule has 1 fully saturated rings. The summed E-state index contributed by atoms with van der Waals surface area (Å²) >= 11 is 1.30. The molecule has 0 radical (unpaired) electrons. The third-order valence-corrected chi connectivity index (χ3v) is 7.07. The summed E-state index contributed by atoms with van der Waals surface area (Å²) in [5.74, 6) is 0.426. The number of morpholine rings is 1. The molecule has 4 rings (SSSR count). The highest BCUT2D eigenvalue weighted by Gasteiger charge is 2.39. The van der Waals surface area contributed by atoms with Crippen molar-refractivity contribution in [2.45, 2.75) is 24.9 Å². The summed E-state index contributed by atoms with van der Waals surface area (Å²) in [7, 11) is 3.00. The number of ether oxygens (including phenoxy) is 5. The maximum absolute atomic E-state index is 13.4. The monoisotopic (exact) mass is 553 g/mol. The molecule has 2 aliphatic rings. The highest BCUT2D eigenvalue weighted by molar-refractivity contribution is 7.99. The number of para-hydroxylation sites is 1. The molecule has 1 aromatic heterocycles. The molecule has 2 aromatic rings. The van der Waals surface area contributed by atoms with Crippen LogP contribution in [-0.2, 0) is 19.0 Å². The van der Waals surface area contributed by atoms with E-state index in [1.54, 1.807) is 25.1 Å². The van der Waals surface area contributed by atoms with Crippen molar-refractivity contribution >= 4 is 23.5 Å². The van der Waals surface area contributed by atoms with Crippen molar-refractivity contribution in [2.24, 2.45) is 5.73 Å². The highest BCUT2D eigenvalue weighted by atomic mass is 32.2. The van der Waals surface area contributed by atoms with E-state index >= 15 is 0 Å². The molecule has 0 aliphatic carbocycles. The number of carbonyl (C=O) groups is 1. The summed E-state index contributed by atoms with van der Waals surface area (Å²) in [4.78, 5) is 24.8. The summed E-state index contributed by atoms with van der Waals surface area (Å²) in [6.45, 7) is 6.50. The number of aromatic nitrogens is 2. The van der Waals surface area contributed by atoms with E-state index in [1.807, 2.05) is 13.0 Å². The lowest BCUT2D eigenvalue weighted by Gasteiger charge is -2.29. The van der Waals surface area contributed by atoms with E-state index in [0.717, 1.165) is 24.6 Å². The number of esters is 1. The second kappa shape index (κ2) is 12.7. The molecule has 0 amide bonds. The lowest BCUT2D eigenvalue weighted by Crippen LogP contribution is -2.36. The van der Waals surface area contributed by atoms with Gasteiger partial charge in [0.25, 0.3) is 0 Å². The van der Waals surface area contributed by atoms with Crippen LogP contribution in [0.5, 0.6) is 11.5 Å². The summed E-state index contributed by atoms with van der Waals surface area (Å²) in [6.07, 6.45) is 0. The van der Waals surface area contributed by atoms with Crippen LogP contribution in [0.15, 0.2) is 52.2 Å². The number of carbonyl (C=O) groups excluding carboxylic acids is 1. The van der Waals surface area contributed by atoms with Crippen molar-refractivity contribution in [2.75, 3.05) is 57.8 Å². The van der Waals surface area contributed by atoms with Crippen LogP contribution in [0.1, 0.15) is 24.1 Å². The lowest BCUT2D eigenvalue weighted by atomic mass is 9.82. The second-order valence-corrected chi connectivity index (χ2v) is 9.55. The van der Waals surface area contributed by atoms with Crippen molar-refractivity contribution < 1.29 is 28.5 Å². The van der Waals surface area contributed by atoms with Gasteiger partial charge < -0.3 is 34.3 Å². The van der Waals surface area contributed by atoms with E-state index < -0.39 is 11.9 Å². The highest BCUT2D eigenvalue weighted by Crippen LogP contribution is 2.46. The molecule has 206 valence electrons. The number of nitriles is 1. The van der Waals surface area contributed by atoms with Crippen LogP contribution in [0.4, 0.5) is 5.82 Å². The van der Waals surface area contributed by atoms with Gasteiger partial charge >= 0.3 is 5.97 Å². The second-order valence-electron chi connectivity index (χ2n) is 8.60. The van der Waals surface area contributed by atoms with Gasteiger partial charge in [-0.25, -0.2) is 14.8 Å². The quantitative estimate of drug-likeness (QED) is 0.277. The summed E-state index contributed by atoms with van der Waals surface area (Å²) in [5, 5.41) is 10.6. The van der Waals surface area contributed by atoms with E-state index in [2.05, 4.69) is 16.0 Å². The molecule has 1 aromatic carbocycles. The number of nitrogens with two attached hydrogens (primary N) is 1. The van der Waals surface area contributed by atoms with Crippen LogP contribution in [0, 0.1) is 18.3 Å². The molecule has 0 unspecified atom stereocenters. The smallest absolute Gasteiger partial charge is 0.338 e. The molecule has 0 spiro atoms. The first-order valence-corrected chi connectivity index (χ1v) is 13.4. The van der Waals surface area contributed by atoms with Crippen LogP contribution in [0.2, 0.25) is 0 Å². The van der Waals surface area contributed by atoms with Gasteiger partial charge in [-0.2, -0.15) is 5.26 Å². The van der Waals surface area contributed by atoms with E-state index in [0.29, 0.717) is 35.4 Å². The average molecular weight is 554 g/mol. The number of allylic oxidation sites excluding steroid dienone is 1. The van der Waals surface area contributed by atoms with Crippen molar-refractivity contribution in [1.82, 2.24) is 9.97 Å². The largest absolute Gasteiger partial charge is 0.493 e. The number of benzene rings is 1. The Morgan fingerprint density at radius 1 is 1.26 bits per heavy atom. The number of thioether (sulfide) groups is 1. The SMILES string of the molecule is CCOC(=O)C1=C(CSc2nc(C)cc(N3CCOCC3)n2)OC(N)=C(C#N)[C@H]1c1cccc(OC)c1OC. The normalized spacial score (nSPS) is 17.4. The Morgan fingerprint density at radius 3 is 2.69 bits per heavy atom. The number of nitrogens with zero attached hydrogens (tertiary/aromatic N) is 4. The van der Waals surface area contributed by atoms with Gasteiger partial charge in [-0.3, -0.25) is 0 Å². The van der Waals surface area contributed by atoms with Gasteiger partial charge in [-0.1, -0.05) is 23.9 Å². The first-order valence-electron chi connectivity index (χ1n) is 12.4. The Labute approximate surface area is 231 Å². The fraction of sp³-hybridized carbons (Fsp3) is 0.407. The average Bonchev–Trinajstić information content (AvgIpc) is 2.95.